The van der Waals surface area contributed by atoms with Crippen LogP contribution in [0.4, 0.5) is 10.3 Å². The quantitative estimate of drug-likeness (QED) is 0.181. The fourth-order valence-electron chi connectivity index (χ4n) is 5.39. The molecule has 44 heavy (non-hydrogen) atoms. The number of anilines is 1. The van der Waals surface area contributed by atoms with Crippen molar-refractivity contribution in [1.29, 1.82) is 0 Å². The lowest BCUT2D eigenvalue weighted by Gasteiger charge is -2.25. The summed E-state index contributed by atoms with van der Waals surface area (Å²) >= 11 is 0. The van der Waals surface area contributed by atoms with Crippen LogP contribution in [0.5, 0.6) is 0 Å². The molecule has 0 radical (unpaired) electrons. The molecule has 3 aliphatic rings. The maximum absolute atomic E-state index is 15.9. The molecule has 6 unspecified atom stereocenters. The molecule has 6 N–H and O–H groups in total. The molecule has 0 aliphatic carbocycles. The van der Waals surface area contributed by atoms with Crippen molar-refractivity contribution in [3.05, 3.63) is 47.3 Å². The van der Waals surface area contributed by atoms with Crippen LogP contribution in [0.15, 0.2) is 41.7 Å². The van der Waals surface area contributed by atoms with Crippen molar-refractivity contribution in [3.63, 3.8) is 0 Å². The van der Waals surface area contributed by atoms with Gasteiger partial charge in [0.05, 0.1) is 36.9 Å². The molecule has 4 aromatic rings. The van der Waals surface area contributed by atoms with Gasteiger partial charge in [-0.05, 0) is 12.1 Å². The summed E-state index contributed by atoms with van der Waals surface area (Å²) in [4.78, 5) is 47.7. The van der Waals surface area contributed by atoms with Gasteiger partial charge >= 0.3 is 15.6 Å². The van der Waals surface area contributed by atoms with E-state index in [1.165, 1.54) is 10.9 Å². The van der Waals surface area contributed by atoms with Crippen molar-refractivity contribution in [2.24, 2.45) is 0 Å². The number of halogens is 1. The summed E-state index contributed by atoms with van der Waals surface area (Å²) in [6.45, 7) is -1.67. The molecular formula is C22H24FN7O12P2. The van der Waals surface area contributed by atoms with E-state index in [1.54, 1.807) is 24.3 Å². The van der Waals surface area contributed by atoms with Crippen LogP contribution in [0.3, 0.4) is 0 Å². The number of nitrogen functional groups attached to an aromatic ring is 1. The molecule has 2 bridgehead atoms. The second kappa shape index (κ2) is 10.7. The van der Waals surface area contributed by atoms with Crippen LogP contribution in [-0.2, 0) is 36.7 Å². The number of aliphatic hydroxyl groups excluding tert-OH is 1. The molecule has 1 aromatic carbocycles. The summed E-state index contributed by atoms with van der Waals surface area (Å²) in [5.41, 5.74) is 5.60. The molecular weight excluding hydrogens is 635 g/mol. The number of aliphatic hydroxyl groups is 1. The van der Waals surface area contributed by atoms with Crippen molar-refractivity contribution in [2.75, 3.05) is 18.9 Å². The molecule has 19 nitrogen and oxygen atoms in total. The fraction of sp³-hybridized carbons (Fsp3) is 0.455. The molecule has 3 aromatic heterocycles. The zero-order valence-corrected chi connectivity index (χ0v) is 23.9. The first-order valence-electron chi connectivity index (χ1n) is 13.0. The lowest BCUT2D eigenvalue weighted by molar-refractivity contribution is -0.0669. The number of imidazole rings is 2. The first-order chi connectivity index (χ1) is 20.9. The van der Waals surface area contributed by atoms with Crippen molar-refractivity contribution in [1.82, 2.24) is 29.1 Å². The van der Waals surface area contributed by atoms with Gasteiger partial charge < -0.3 is 34.7 Å². The minimum absolute atomic E-state index is 0.172. The van der Waals surface area contributed by atoms with E-state index in [2.05, 4.69) is 19.9 Å². The van der Waals surface area contributed by atoms with Crippen molar-refractivity contribution >= 4 is 43.8 Å². The Kier molecular flexibility index (Phi) is 7.22. The molecule has 6 heterocycles. The van der Waals surface area contributed by atoms with E-state index in [0.29, 0.717) is 11.0 Å². The second-order valence-electron chi connectivity index (χ2n) is 10.1. The van der Waals surface area contributed by atoms with Gasteiger partial charge in [0.2, 0.25) is 5.95 Å². The van der Waals surface area contributed by atoms with Gasteiger partial charge in [0.15, 0.2) is 29.8 Å². The van der Waals surface area contributed by atoms with Gasteiger partial charge in [-0.3, -0.25) is 32.4 Å². The number of nitrogens with one attached hydrogen (secondary N) is 1. The normalized spacial score (nSPS) is 38.3. The standard InChI is InChI=1S/C22H24FN7O12P2/c23-13-16-12(40-20(13)30-8-26-14-18(30)27-22(24)28-19(14)32)6-38-44(35,36)42-17-15(31)11(5-37-43(33,34)41-16)39-21(17)29-7-25-9-3-1-2-4-10(9)29/h1-4,7-8,11-13,15-17,20-21,31H,5-6H2,(H,33,34)(H,35,36)(H3,24,27,28,32)/t11-,12-,13?,15?,16?,17?,20-,21-/m1/s1. The molecule has 3 fully saturated rings. The number of aromatic nitrogens is 6. The zero-order valence-electron chi connectivity index (χ0n) is 22.1. The number of fused-ring (bicyclic) bond motifs is 5. The summed E-state index contributed by atoms with van der Waals surface area (Å²) in [6, 6.07) is 6.85. The molecule has 10 atom stereocenters. The SMILES string of the molecule is Nc1nc2c(ncn2[C@@H]2O[C@@H]3COP(=O)(O)OC4C(O)[C@@H](COP(=O)(O)OC3C2F)O[C@H]4n2cnc3ccccc32)c(=O)[nH]1. The van der Waals surface area contributed by atoms with Gasteiger partial charge in [-0.1, -0.05) is 12.1 Å². The number of H-pyrrole nitrogens is 1. The van der Waals surface area contributed by atoms with Crippen LogP contribution in [0.2, 0.25) is 0 Å². The number of phosphoric acid groups is 2. The average Bonchev–Trinajstić information content (AvgIpc) is 3.72. The summed E-state index contributed by atoms with van der Waals surface area (Å²) in [5, 5.41) is 11.0. The number of aromatic amines is 1. The van der Waals surface area contributed by atoms with Crippen LogP contribution in [0.25, 0.3) is 22.2 Å². The fourth-order valence-corrected chi connectivity index (χ4v) is 7.27. The monoisotopic (exact) mass is 659 g/mol. The van der Waals surface area contributed by atoms with Crippen molar-refractivity contribution in [2.45, 2.75) is 49.1 Å². The smallest absolute Gasteiger partial charge is 0.387 e. The minimum atomic E-state index is -5.11. The lowest BCUT2D eigenvalue weighted by Crippen LogP contribution is -2.35. The van der Waals surface area contributed by atoms with E-state index < -0.39 is 83.6 Å². The van der Waals surface area contributed by atoms with E-state index in [-0.39, 0.29) is 17.1 Å². The highest BCUT2D eigenvalue weighted by molar-refractivity contribution is 7.47. The van der Waals surface area contributed by atoms with Gasteiger partial charge in [-0.25, -0.2) is 23.5 Å². The van der Waals surface area contributed by atoms with Crippen LogP contribution < -0.4 is 11.3 Å². The predicted molar refractivity (Wildman–Crippen MR) is 142 cm³/mol. The maximum Gasteiger partial charge on any atom is 0.472 e. The molecule has 22 heteroatoms. The second-order valence-corrected chi connectivity index (χ2v) is 13.0. The number of nitrogens with two attached hydrogens (primary N) is 1. The van der Waals surface area contributed by atoms with E-state index in [4.69, 9.17) is 33.3 Å². The van der Waals surface area contributed by atoms with E-state index in [0.717, 1.165) is 10.9 Å². The summed E-state index contributed by atoms with van der Waals surface area (Å²) in [6.07, 6.45) is -10.9. The van der Waals surface area contributed by atoms with Crippen LogP contribution >= 0.6 is 15.6 Å². The first kappa shape index (κ1) is 29.6. The Balaban J connectivity index is 1.20. The van der Waals surface area contributed by atoms with Crippen LogP contribution in [0, 0.1) is 0 Å². The number of para-hydroxylation sites is 2. The van der Waals surface area contributed by atoms with Gasteiger partial charge in [-0.15, -0.1) is 0 Å². The number of hydrogen-bond acceptors (Lipinski definition) is 14. The molecule has 236 valence electrons. The van der Waals surface area contributed by atoms with Crippen LogP contribution in [0.1, 0.15) is 12.5 Å². The largest absolute Gasteiger partial charge is 0.472 e. The maximum atomic E-state index is 15.9. The highest BCUT2D eigenvalue weighted by Crippen LogP contribution is 2.54. The summed E-state index contributed by atoms with van der Waals surface area (Å²) in [7, 11) is -10.2. The third-order valence-electron chi connectivity index (χ3n) is 7.37. The highest BCUT2D eigenvalue weighted by atomic mass is 31.2. The van der Waals surface area contributed by atoms with E-state index >= 15 is 4.39 Å². The van der Waals surface area contributed by atoms with Crippen LogP contribution in [-0.4, -0.2) is 93.9 Å². The zero-order chi connectivity index (χ0) is 31.0. The van der Waals surface area contributed by atoms with Gasteiger partial charge in [0.1, 0.15) is 30.5 Å². The number of rotatable bonds is 2. The third-order valence-corrected chi connectivity index (χ3v) is 9.34. The number of alkyl halides is 1. The molecule has 0 amide bonds. The van der Waals surface area contributed by atoms with E-state index in [9.17, 15) is 28.8 Å². The number of nitrogens with zero attached hydrogens (tertiary/aromatic N) is 5. The van der Waals surface area contributed by atoms with E-state index in [1.807, 2.05) is 0 Å². The Morgan fingerprint density at radius 1 is 0.955 bits per heavy atom. The molecule has 0 spiro atoms. The third kappa shape index (κ3) is 5.17. The Labute approximate surface area is 244 Å². The van der Waals surface area contributed by atoms with Crippen molar-refractivity contribution in [3.8, 4) is 0 Å². The molecule has 0 saturated carbocycles. The summed E-state index contributed by atoms with van der Waals surface area (Å²) < 4.78 is 76.7. The Hall–Kier alpha value is -3.13. The molecule has 3 aliphatic heterocycles. The number of ether oxygens (including phenoxy) is 2. The Morgan fingerprint density at radius 2 is 1.61 bits per heavy atom. The average molecular weight is 659 g/mol. The molecule has 7 rings (SSSR count). The number of phosphoric ester groups is 2. The topological polar surface area (TPSA) is 258 Å². The minimum Gasteiger partial charge on any atom is -0.387 e. The first-order valence-corrected chi connectivity index (χ1v) is 16.0. The number of benzene rings is 1. The lowest BCUT2D eigenvalue weighted by atomic mass is 10.1. The van der Waals surface area contributed by atoms with Crippen molar-refractivity contribution < 1.29 is 56.0 Å². The molecule has 3 saturated heterocycles. The Morgan fingerprint density at radius 3 is 2.39 bits per heavy atom. The van der Waals surface area contributed by atoms with Gasteiger partial charge in [0, 0.05) is 0 Å². The predicted octanol–water partition coefficient (Wildman–Crippen LogP) is 0.263. The summed E-state index contributed by atoms with van der Waals surface area (Å²) in [5.74, 6) is -0.299. The Bertz CT molecular complexity index is 1890. The highest BCUT2D eigenvalue weighted by Gasteiger charge is 2.54. The number of hydrogen-bond donors (Lipinski definition) is 5. The van der Waals surface area contributed by atoms with Gasteiger partial charge in [-0.2, -0.15) is 4.98 Å². The van der Waals surface area contributed by atoms with Gasteiger partial charge in [0.25, 0.3) is 5.56 Å².